The van der Waals surface area contributed by atoms with Crippen molar-refractivity contribution in [1.82, 2.24) is 0 Å². The second-order valence-corrected chi connectivity index (χ2v) is 5.46. The lowest BCUT2D eigenvalue weighted by Crippen LogP contribution is -2.23. The van der Waals surface area contributed by atoms with Crippen molar-refractivity contribution in [1.29, 1.82) is 0 Å². The number of hydrogen-bond acceptors (Lipinski definition) is 2. The van der Waals surface area contributed by atoms with Crippen LogP contribution in [-0.4, -0.2) is 12.6 Å². The molecule has 2 nitrogen and oxygen atoms in total. The van der Waals surface area contributed by atoms with Gasteiger partial charge in [0.25, 0.3) is 0 Å². The first-order valence-electron chi connectivity index (χ1n) is 6.89. The van der Waals surface area contributed by atoms with Crippen molar-refractivity contribution in [3.8, 4) is 5.75 Å². The van der Waals surface area contributed by atoms with Crippen molar-refractivity contribution in [3.63, 3.8) is 0 Å². The number of benzene rings is 1. The predicted octanol–water partition coefficient (Wildman–Crippen LogP) is 4.73. The topological polar surface area (TPSA) is 21.3 Å². The van der Waals surface area contributed by atoms with E-state index in [1.165, 1.54) is 25.7 Å². The summed E-state index contributed by atoms with van der Waals surface area (Å²) in [6, 6.07) is 6.46. The van der Waals surface area contributed by atoms with Crippen LogP contribution in [0.1, 0.15) is 39.5 Å². The Labute approximate surface area is 115 Å². The summed E-state index contributed by atoms with van der Waals surface area (Å²) in [4.78, 5) is 0. The summed E-state index contributed by atoms with van der Waals surface area (Å²) in [6.07, 6.45) is 5.44. The maximum atomic E-state index is 6.19. The fourth-order valence-electron chi connectivity index (χ4n) is 2.70. The average molecular weight is 268 g/mol. The monoisotopic (exact) mass is 267 g/mol. The average Bonchev–Trinajstić information content (AvgIpc) is 2.86. The van der Waals surface area contributed by atoms with Crippen molar-refractivity contribution >= 4 is 17.3 Å². The molecule has 1 aromatic carbocycles. The van der Waals surface area contributed by atoms with Gasteiger partial charge in [0.1, 0.15) is 5.75 Å². The first-order valence-corrected chi connectivity index (χ1v) is 7.27. The summed E-state index contributed by atoms with van der Waals surface area (Å²) in [5, 5.41) is 4.23. The Hall–Kier alpha value is -0.890. The van der Waals surface area contributed by atoms with E-state index in [4.69, 9.17) is 16.3 Å². The summed E-state index contributed by atoms with van der Waals surface area (Å²) >= 11 is 6.19. The van der Waals surface area contributed by atoms with Gasteiger partial charge in [0.15, 0.2) is 0 Å². The molecule has 1 fully saturated rings. The molecule has 1 unspecified atom stereocenters. The Bertz CT molecular complexity index is 388. The van der Waals surface area contributed by atoms with Crippen molar-refractivity contribution in [3.05, 3.63) is 23.2 Å². The zero-order chi connectivity index (χ0) is 13.0. The van der Waals surface area contributed by atoms with Gasteiger partial charge in [0.05, 0.1) is 11.6 Å². The van der Waals surface area contributed by atoms with Crippen molar-refractivity contribution in [2.75, 3.05) is 11.9 Å². The molecule has 0 bridgehead atoms. The molecule has 0 heterocycles. The highest BCUT2D eigenvalue weighted by Crippen LogP contribution is 2.31. The van der Waals surface area contributed by atoms with Crippen molar-refractivity contribution in [2.24, 2.45) is 5.92 Å². The molecule has 0 aliphatic heterocycles. The van der Waals surface area contributed by atoms with Crippen LogP contribution in [-0.2, 0) is 0 Å². The summed E-state index contributed by atoms with van der Waals surface area (Å²) in [7, 11) is 0. The van der Waals surface area contributed by atoms with E-state index in [1.54, 1.807) is 0 Å². The lowest BCUT2D eigenvalue weighted by molar-refractivity contribution is 0.340. The van der Waals surface area contributed by atoms with Gasteiger partial charge in [0, 0.05) is 11.7 Å². The second kappa shape index (κ2) is 6.33. The minimum Gasteiger partial charge on any atom is -0.492 e. The van der Waals surface area contributed by atoms with Crippen molar-refractivity contribution in [2.45, 2.75) is 45.6 Å². The molecular formula is C15H22ClNO. The summed E-state index contributed by atoms with van der Waals surface area (Å²) in [5.41, 5.74) is 1.09. The maximum absolute atomic E-state index is 6.19. The third-order valence-corrected chi connectivity index (χ3v) is 4.03. The third kappa shape index (κ3) is 3.32. The Morgan fingerprint density at radius 2 is 2.11 bits per heavy atom. The zero-order valence-electron chi connectivity index (χ0n) is 11.2. The highest BCUT2D eigenvalue weighted by atomic mass is 35.5. The Morgan fingerprint density at radius 3 is 2.72 bits per heavy atom. The summed E-state index contributed by atoms with van der Waals surface area (Å²) in [6.45, 7) is 4.87. The lowest BCUT2D eigenvalue weighted by atomic mass is 9.99. The number of nitrogens with one attached hydrogen (secondary N) is 1. The Kier molecular flexibility index (Phi) is 4.76. The third-order valence-electron chi connectivity index (χ3n) is 3.73. The highest BCUT2D eigenvalue weighted by Gasteiger charge is 2.21. The summed E-state index contributed by atoms with van der Waals surface area (Å²) < 4.78 is 5.44. The van der Waals surface area contributed by atoms with Crippen LogP contribution < -0.4 is 10.1 Å². The van der Waals surface area contributed by atoms with Crippen LogP contribution in [0.5, 0.6) is 5.75 Å². The number of halogens is 1. The standard InChI is InChI=1S/C15H22ClNO/c1-3-18-15-9-8-13(10-14(15)16)17-11(2)12-6-4-5-7-12/h8-12,17H,3-7H2,1-2H3. The van der Waals surface area contributed by atoms with E-state index >= 15 is 0 Å². The molecule has 0 amide bonds. The largest absolute Gasteiger partial charge is 0.492 e. The van der Waals surface area contributed by atoms with Crippen LogP contribution in [0.15, 0.2) is 18.2 Å². The zero-order valence-corrected chi connectivity index (χ0v) is 12.0. The minimum atomic E-state index is 0.515. The SMILES string of the molecule is CCOc1ccc(NC(C)C2CCCC2)cc1Cl. The molecule has 100 valence electrons. The van der Waals surface area contributed by atoms with E-state index < -0.39 is 0 Å². The lowest BCUT2D eigenvalue weighted by Gasteiger charge is -2.22. The van der Waals surface area contributed by atoms with Gasteiger partial charge in [-0.05, 0) is 50.8 Å². The molecule has 0 spiro atoms. The molecule has 2 rings (SSSR count). The van der Waals surface area contributed by atoms with Gasteiger partial charge in [-0.15, -0.1) is 0 Å². The molecule has 18 heavy (non-hydrogen) atoms. The minimum absolute atomic E-state index is 0.515. The fraction of sp³-hybridized carbons (Fsp3) is 0.600. The molecule has 1 aliphatic rings. The van der Waals surface area contributed by atoms with Crippen LogP contribution in [0.3, 0.4) is 0 Å². The van der Waals surface area contributed by atoms with Crippen molar-refractivity contribution < 1.29 is 4.74 Å². The first kappa shape index (κ1) is 13.5. The van der Waals surface area contributed by atoms with Crippen LogP contribution in [0.2, 0.25) is 5.02 Å². The van der Waals surface area contributed by atoms with Gasteiger partial charge in [-0.2, -0.15) is 0 Å². The second-order valence-electron chi connectivity index (χ2n) is 5.06. The molecule has 1 aliphatic carbocycles. The van der Waals surface area contributed by atoms with E-state index in [0.717, 1.165) is 17.4 Å². The predicted molar refractivity (Wildman–Crippen MR) is 77.7 cm³/mol. The molecule has 1 N–H and O–H groups in total. The fourth-order valence-corrected chi connectivity index (χ4v) is 2.94. The molecular weight excluding hydrogens is 246 g/mol. The number of rotatable bonds is 5. The summed E-state index contributed by atoms with van der Waals surface area (Å²) in [5.74, 6) is 1.56. The van der Waals surface area contributed by atoms with Crippen LogP contribution in [0.4, 0.5) is 5.69 Å². The molecule has 0 aromatic heterocycles. The van der Waals surface area contributed by atoms with Gasteiger partial charge >= 0.3 is 0 Å². The maximum Gasteiger partial charge on any atom is 0.138 e. The van der Waals surface area contributed by atoms with E-state index in [2.05, 4.69) is 12.2 Å². The molecule has 1 saturated carbocycles. The normalized spacial score (nSPS) is 17.7. The molecule has 1 aromatic rings. The highest BCUT2D eigenvalue weighted by molar-refractivity contribution is 6.32. The molecule has 3 heteroatoms. The molecule has 1 atom stereocenters. The smallest absolute Gasteiger partial charge is 0.138 e. The number of ether oxygens (including phenoxy) is 1. The van der Waals surface area contributed by atoms with Crippen LogP contribution >= 0.6 is 11.6 Å². The molecule has 0 radical (unpaired) electrons. The van der Waals surface area contributed by atoms with Gasteiger partial charge in [-0.25, -0.2) is 0 Å². The van der Waals surface area contributed by atoms with E-state index in [-0.39, 0.29) is 0 Å². The van der Waals surface area contributed by atoms with Crippen LogP contribution in [0.25, 0.3) is 0 Å². The van der Waals surface area contributed by atoms with Gasteiger partial charge in [-0.3, -0.25) is 0 Å². The van der Waals surface area contributed by atoms with Gasteiger partial charge in [-0.1, -0.05) is 24.4 Å². The number of anilines is 1. The van der Waals surface area contributed by atoms with E-state index in [0.29, 0.717) is 17.7 Å². The first-order chi connectivity index (χ1) is 8.70. The molecule has 0 saturated heterocycles. The van der Waals surface area contributed by atoms with Gasteiger partial charge < -0.3 is 10.1 Å². The number of hydrogen-bond donors (Lipinski definition) is 1. The Balaban J connectivity index is 1.98. The Morgan fingerprint density at radius 1 is 1.39 bits per heavy atom. The van der Waals surface area contributed by atoms with E-state index in [1.807, 2.05) is 25.1 Å². The quantitative estimate of drug-likeness (QED) is 0.833. The van der Waals surface area contributed by atoms with E-state index in [9.17, 15) is 0 Å². The van der Waals surface area contributed by atoms with Crippen LogP contribution in [0, 0.1) is 5.92 Å². The van der Waals surface area contributed by atoms with Gasteiger partial charge in [0.2, 0.25) is 0 Å².